The minimum Gasteiger partial charge on any atom is -0.493 e. The first-order chi connectivity index (χ1) is 15.4. The lowest BCUT2D eigenvalue weighted by atomic mass is 10.1. The number of nitrogens with zero attached hydrogens (tertiary/aromatic N) is 3. The van der Waals surface area contributed by atoms with Crippen molar-refractivity contribution in [3.8, 4) is 11.5 Å². The number of nitrogens with one attached hydrogen (secondary N) is 1. The number of ether oxygens (including phenoxy) is 2. The fourth-order valence-corrected chi connectivity index (χ4v) is 4.45. The van der Waals surface area contributed by atoms with Gasteiger partial charge < -0.3 is 20.5 Å². The summed E-state index contributed by atoms with van der Waals surface area (Å²) in [7, 11) is 3.19. The smallest absolute Gasteiger partial charge is 0.243 e. The van der Waals surface area contributed by atoms with Gasteiger partial charge in [-0.15, -0.1) is 10.2 Å². The number of anilines is 1. The van der Waals surface area contributed by atoms with E-state index in [4.69, 9.17) is 26.8 Å². The Balaban J connectivity index is 1.60. The molecule has 1 aromatic heterocycles. The van der Waals surface area contributed by atoms with E-state index in [1.54, 1.807) is 25.7 Å². The molecule has 0 aliphatic carbocycles. The number of carbonyl (C=O) groups excluding carboxylic acids is 1. The number of nitrogens with two attached hydrogens (primary N) is 1. The number of carbonyl (C=O) groups is 1. The molecule has 0 aliphatic rings. The van der Waals surface area contributed by atoms with Crippen molar-refractivity contribution in [2.24, 2.45) is 0 Å². The summed E-state index contributed by atoms with van der Waals surface area (Å²) in [6, 6.07) is 12.7. The fraction of sp³-hybridized carbons (Fsp3) is 0.318. The van der Waals surface area contributed by atoms with Crippen LogP contribution in [0.5, 0.6) is 11.5 Å². The molecule has 170 valence electrons. The van der Waals surface area contributed by atoms with Gasteiger partial charge in [0.1, 0.15) is 6.04 Å². The molecule has 0 aliphatic heterocycles. The first kappa shape index (κ1) is 23.7. The van der Waals surface area contributed by atoms with Crippen molar-refractivity contribution in [3.05, 3.63) is 58.6 Å². The Hall–Kier alpha value is -2.91. The average Bonchev–Trinajstić information content (AvgIpc) is 3.17. The highest BCUT2D eigenvalue weighted by molar-refractivity contribution is 7.98. The van der Waals surface area contributed by atoms with Crippen LogP contribution in [0.4, 0.5) is 5.95 Å². The molecule has 0 saturated heterocycles. The lowest BCUT2D eigenvalue weighted by Crippen LogP contribution is -2.33. The van der Waals surface area contributed by atoms with E-state index in [0.29, 0.717) is 40.4 Å². The van der Waals surface area contributed by atoms with Gasteiger partial charge in [0.15, 0.2) is 16.7 Å². The van der Waals surface area contributed by atoms with Gasteiger partial charge in [-0.2, -0.15) is 0 Å². The minimum atomic E-state index is -0.566. The lowest BCUT2D eigenvalue weighted by molar-refractivity contribution is -0.123. The summed E-state index contributed by atoms with van der Waals surface area (Å²) in [5.41, 5.74) is 8.00. The van der Waals surface area contributed by atoms with Crippen molar-refractivity contribution in [1.82, 2.24) is 20.1 Å². The molecule has 0 fully saturated rings. The predicted molar refractivity (Wildman–Crippen MR) is 126 cm³/mol. The number of halogens is 1. The van der Waals surface area contributed by atoms with E-state index in [-0.39, 0.29) is 11.9 Å². The summed E-state index contributed by atoms with van der Waals surface area (Å²) in [5, 5.41) is 12.3. The summed E-state index contributed by atoms with van der Waals surface area (Å²) in [4.78, 5) is 12.8. The molecule has 0 radical (unpaired) electrons. The second kappa shape index (κ2) is 11.1. The van der Waals surface area contributed by atoms with E-state index in [1.165, 1.54) is 11.8 Å². The maximum atomic E-state index is 12.8. The third kappa shape index (κ3) is 5.66. The number of hydrogen-bond donors (Lipinski definition) is 2. The molecule has 8 nitrogen and oxygen atoms in total. The van der Waals surface area contributed by atoms with E-state index in [2.05, 4.69) is 15.5 Å². The van der Waals surface area contributed by atoms with Crippen molar-refractivity contribution < 1.29 is 14.3 Å². The van der Waals surface area contributed by atoms with Crippen molar-refractivity contribution in [2.75, 3.05) is 26.5 Å². The van der Waals surface area contributed by atoms with E-state index < -0.39 is 6.04 Å². The quantitative estimate of drug-likeness (QED) is 0.430. The van der Waals surface area contributed by atoms with Crippen LogP contribution >= 0.6 is 23.4 Å². The summed E-state index contributed by atoms with van der Waals surface area (Å²) in [6.07, 6.45) is 0.643. The van der Waals surface area contributed by atoms with E-state index in [1.807, 2.05) is 42.5 Å². The van der Waals surface area contributed by atoms with Crippen LogP contribution in [0.15, 0.2) is 47.6 Å². The average molecular weight is 476 g/mol. The van der Waals surface area contributed by atoms with Crippen LogP contribution in [0, 0.1) is 0 Å². The van der Waals surface area contributed by atoms with E-state index in [0.717, 1.165) is 11.1 Å². The maximum Gasteiger partial charge on any atom is 0.243 e. The third-order valence-electron chi connectivity index (χ3n) is 4.93. The summed E-state index contributed by atoms with van der Waals surface area (Å²) in [5.74, 6) is 1.93. The normalized spacial score (nSPS) is 11.8. The minimum absolute atomic E-state index is 0.170. The van der Waals surface area contributed by atoms with Crippen LogP contribution in [-0.4, -0.2) is 41.4 Å². The molecule has 3 N–H and O–H groups in total. The van der Waals surface area contributed by atoms with E-state index in [9.17, 15) is 4.79 Å². The highest BCUT2D eigenvalue weighted by Crippen LogP contribution is 2.29. The highest BCUT2D eigenvalue weighted by Gasteiger charge is 2.22. The Bertz CT molecular complexity index is 1080. The molecule has 0 spiro atoms. The number of hydrogen-bond acceptors (Lipinski definition) is 7. The molecule has 3 aromatic rings. The number of thioether (sulfide) groups is 1. The molecule has 2 aromatic carbocycles. The van der Waals surface area contributed by atoms with Gasteiger partial charge in [-0.3, -0.25) is 9.36 Å². The molecular weight excluding hydrogens is 450 g/mol. The number of aromatic nitrogens is 3. The second-order valence-electron chi connectivity index (χ2n) is 7.00. The first-order valence-corrected chi connectivity index (χ1v) is 11.4. The van der Waals surface area contributed by atoms with Crippen LogP contribution < -0.4 is 20.5 Å². The molecule has 1 heterocycles. The molecule has 1 atom stereocenters. The highest BCUT2D eigenvalue weighted by atomic mass is 35.5. The summed E-state index contributed by atoms with van der Waals surface area (Å²) < 4.78 is 12.2. The van der Waals surface area contributed by atoms with Gasteiger partial charge >= 0.3 is 0 Å². The molecule has 0 saturated carbocycles. The van der Waals surface area contributed by atoms with E-state index >= 15 is 0 Å². The maximum absolute atomic E-state index is 12.8. The standard InChI is InChI=1S/C22H26ClN5O3S/c1-14(20(29)25-11-10-15-8-9-18(30-2)19(12-15)31-3)28-21(24)26-27-22(28)32-13-16-6-4-5-7-17(16)23/h4-9,12,14H,10-11,13H2,1-3H3,(H2,24,26)(H,25,29). The zero-order valence-corrected chi connectivity index (χ0v) is 19.7. The zero-order valence-electron chi connectivity index (χ0n) is 18.2. The first-order valence-electron chi connectivity index (χ1n) is 9.99. The van der Waals surface area contributed by atoms with Gasteiger partial charge in [-0.25, -0.2) is 0 Å². The van der Waals surface area contributed by atoms with Gasteiger partial charge in [0, 0.05) is 17.3 Å². The summed E-state index contributed by atoms with van der Waals surface area (Å²) >= 11 is 7.66. The lowest BCUT2D eigenvalue weighted by Gasteiger charge is -2.17. The Labute approximate surface area is 196 Å². The Morgan fingerprint density at radius 3 is 2.66 bits per heavy atom. The molecule has 1 unspecified atom stereocenters. The largest absolute Gasteiger partial charge is 0.493 e. The van der Waals surface area contributed by atoms with Crippen molar-refractivity contribution >= 4 is 35.2 Å². The Morgan fingerprint density at radius 2 is 1.94 bits per heavy atom. The van der Waals surface area contributed by atoms with Gasteiger partial charge in [-0.1, -0.05) is 47.6 Å². The van der Waals surface area contributed by atoms with Crippen molar-refractivity contribution in [1.29, 1.82) is 0 Å². The van der Waals surface area contributed by atoms with Crippen LogP contribution in [0.1, 0.15) is 24.1 Å². The van der Waals surface area contributed by atoms with Gasteiger partial charge in [0.2, 0.25) is 11.9 Å². The molecule has 10 heteroatoms. The van der Waals surface area contributed by atoms with Gasteiger partial charge in [0.05, 0.1) is 14.2 Å². The number of nitrogen functional groups attached to an aromatic ring is 1. The number of methoxy groups -OCH3 is 2. The fourth-order valence-electron chi connectivity index (χ4n) is 3.14. The molecule has 3 rings (SSSR count). The molecule has 32 heavy (non-hydrogen) atoms. The number of amides is 1. The van der Waals surface area contributed by atoms with Crippen molar-refractivity contribution in [3.63, 3.8) is 0 Å². The molecule has 1 amide bonds. The third-order valence-corrected chi connectivity index (χ3v) is 6.29. The molecular formula is C22H26ClN5O3S. The summed E-state index contributed by atoms with van der Waals surface area (Å²) in [6.45, 7) is 2.23. The van der Waals surface area contributed by atoms with Crippen molar-refractivity contribution in [2.45, 2.75) is 30.3 Å². The number of rotatable bonds is 10. The van der Waals surface area contributed by atoms with Crippen LogP contribution in [0.3, 0.4) is 0 Å². The van der Waals surface area contributed by atoms with Gasteiger partial charge in [-0.05, 0) is 42.7 Å². The predicted octanol–water partition coefficient (Wildman–Crippen LogP) is 3.74. The molecule has 0 bridgehead atoms. The zero-order chi connectivity index (χ0) is 23.1. The second-order valence-corrected chi connectivity index (χ2v) is 8.35. The van der Waals surface area contributed by atoms with Crippen LogP contribution in [0.25, 0.3) is 0 Å². The monoisotopic (exact) mass is 475 g/mol. The Morgan fingerprint density at radius 1 is 1.19 bits per heavy atom. The van der Waals surface area contributed by atoms with Crippen LogP contribution in [0.2, 0.25) is 5.02 Å². The Kier molecular flexibility index (Phi) is 8.24. The SMILES string of the molecule is COc1ccc(CCNC(=O)C(C)n2c(N)nnc2SCc2ccccc2Cl)cc1OC. The van der Waals surface area contributed by atoms with Gasteiger partial charge in [0.25, 0.3) is 0 Å². The number of benzene rings is 2. The van der Waals surface area contributed by atoms with Crippen LogP contribution in [-0.2, 0) is 17.0 Å². The topological polar surface area (TPSA) is 104 Å².